The molecule has 3 aromatic carbocycles. The van der Waals surface area contributed by atoms with Crippen molar-refractivity contribution in [3.05, 3.63) is 112 Å². The molecule has 0 aliphatic rings. The molecule has 0 aromatic heterocycles. The van der Waals surface area contributed by atoms with Crippen LogP contribution in [0, 0.1) is 16.0 Å². The molecular formula is C29H33N3O4S. The Hall–Kier alpha value is -3.65. The Bertz CT molecular complexity index is 1150. The van der Waals surface area contributed by atoms with Gasteiger partial charge in [-0.2, -0.15) is 0 Å². The van der Waals surface area contributed by atoms with Gasteiger partial charge < -0.3 is 10.2 Å². The number of thioether (sulfide) groups is 1. The maximum absolute atomic E-state index is 13.6. The molecule has 0 radical (unpaired) electrons. The van der Waals surface area contributed by atoms with E-state index in [1.165, 1.54) is 23.9 Å². The van der Waals surface area contributed by atoms with Crippen LogP contribution < -0.4 is 5.32 Å². The Morgan fingerprint density at radius 2 is 1.49 bits per heavy atom. The Morgan fingerprint density at radius 1 is 0.892 bits per heavy atom. The number of nitrogens with one attached hydrogen (secondary N) is 1. The zero-order valence-electron chi connectivity index (χ0n) is 21.2. The summed E-state index contributed by atoms with van der Waals surface area (Å²) in [6, 6.07) is 25.1. The van der Waals surface area contributed by atoms with E-state index in [0.29, 0.717) is 25.3 Å². The molecule has 1 N–H and O–H groups in total. The van der Waals surface area contributed by atoms with E-state index in [0.717, 1.165) is 16.7 Å². The molecular weight excluding hydrogens is 486 g/mol. The zero-order chi connectivity index (χ0) is 26.6. The van der Waals surface area contributed by atoms with Crippen molar-refractivity contribution >= 4 is 29.3 Å². The summed E-state index contributed by atoms with van der Waals surface area (Å²) in [6.07, 6.45) is 0.413. The summed E-state index contributed by atoms with van der Waals surface area (Å²) in [5, 5.41) is 13.9. The van der Waals surface area contributed by atoms with Crippen molar-refractivity contribution in [1.82, 2.24) is 10.2 Å². The van der Waals surface area contributed by atoms with Crippen LogP contribution in [-0.2, 0) is 28.3 Å². The van der Waals surface area contributed by atoms with Crippen molar-refractivity contribution in [3.8, 4) is 0 Å². The van der Waals surface area contributed by atoms with Gasteiger partial charge in [-0.15, -0.1) is 11.8 Å². The van der Waals surface area contributed by atoms with Crippen molar-refractivity contribution in [1.29, 1.82) is 0 Å². The van der Waals surface area contributed by atoms with Gasteiger partial charge in [0, 0.05) is 37.4 Å². The second kappa shape index (κ2) is 14.2. The van der Waals surface area contributed by atoms with Crippen LogP contribution in [0.5, 0.6) is 0 Å². The van der Waals surface area contributed by atoms with Gasteiger partial charge in [0.25, 0.3) is 5.69 Å². The number of amides is 2. The molecule has 3 rings (SSSR count). The molecule has 7 nitrogen and oxygen atoms in total. The van der Waals surface area contributed by atoms with E-state index in [1.807, 2.05) is 74.5 Å². The lowest BCUT2D eigenvalue weighted by molar-refractivity contribution is -0.384. The monoisotopic (exact) mass is 519 g/mol. The summed E-state index contributed by atoms with van der Waals surface area (Å²) >= 11 is 1.43. The first kappa shape index (κ1) is 27.9. The van der Waals surface area contributed by atoms with E-state index in [-0.39, 0.29) is 29.2 Å². The van der Waals surface area contributed by atoms with E-state index in [1.54, 1.807) is 17.0 Å². The van der Waals surface area contributed by atoms with Crippen molar-refractivity contribution in [2.45, 2.75) is 38.6 Å². The molecule has 194 valence electrons. The SMILES string of the molecule is CC(C)CNC(=O)[C@H](Cc1ccccc1)N(Cc1ccccc1)C(=O)CSCc1ccc([N+](=O)[O-])cc1. The minimum Gasteiger partial charge on any atom is -0.354 e. The van der Waals surface area contributed by atoms with Gasteiger partial charge in [-0.3, -0.25) is 19.7 Å². The van der Waals surface area contributed by atoms with Crippen molar-refractivity contribution in [3.63, 3.8) is 0 Å². The minimum absolute atomic E-state index is 0.0371. The Morgan fingerprint density at radius 3 is 2.05 bits per heavy atom. The molecule has 0 fully saturated rings. The lowest BCUT2D eigenvalue weighted by Crippen LogP contribution is -2.51. The van der Waals surface area contributed by atoms with Gasteiger partial charge >= 0.3 is 0 Å². The number of hydrogen-bond donors (Lipinski definition) is 1. The number of hydrogen-bond acceptors (Lipinski definition) is 5. The number of carbonyl (C=O) groups is 2. The first-order valence-electron chi connectivity index (χ1n) is 12.3. The Balaban J connectivity index is 1.79. The van der Waals surface area contributed by atoms with Crippen LogP contribution in [0.4, 0.5) is 5.69 Å². The largest absolute Gasteiger partial charge is 0.354 e. The third-order valence-electron chi connectivity index (χ3n) is 5.79. The third kappa shape index (κ3) is 9.06. The fourth-order valence-corrected chi connectivity index (χ4v) is 4.68. The number of benzene rings is 3. The van der Waals surface area contributed by atoms with E-state index in [9.17, 15) is 19.7 Å². The van der Waals surface area contributed by atoms with Gasteiger partial charge in [0.1, 0.15) is 6.04 Å². The number of non-ortho nitro benzene ring substituents is 1. The molecule has 1 atom stereocenters. The van der Waals surface area contributed by atoms with Gasteiger partial charge in [-0.05, 0) is 22.6 Å². The van der Waals surface area contributed by atoms with Gasteiger partial charge in [0.05, 0.1) is 10.7 Å². The van der Waals surface area contributed by atoms with E-state index in [4.69, 9.17) is 0 Å². The molecule has 8 heteroatoms. The first-order valence-corrected chi connectivity index (χ1v) is 13.4. The highest BCUT2D eigenvalue weighted by Crippen LogP contribution is 2.20. The predicted octanol–water partition coefficient (Wildman–Crippen LogP) is 5.24. The summed E-state index contributed by atoms with van der Waals surface area (Å²) in [5.74, 6) is 0.716. The molecule has 0 saturated carbocycles. The Labute approximate surface area is 222 Å². The molecule has 0 aliphatic carbocycles. The normalized spacial score (nSPS) is 11.6. The minimum atomic E-state index is -0.658. The predicted molar refractivity (Wildman–Crippen MR) is 148 cm³/mol. The van der Waals surface area contributed by atoms with Crippen LogP contribution in [0.3, 0.4) is 0 Å². The van der Waals surface area contributed by atoms with E-state index >= 15 is 0 Å². The quantitative estimate of drug-likeness (QED) is 0.246. The lowest BCUT2D eigenvalue weighted by Gasteiger charge is -2.31. The summed E-state index contributed by atoms with van der Waals surface area (Å²) in [7, 11) is 0. The second-order valence-electron chi connectivity index (χ2n) is 9.27. The molecule has 37 heavy (non-hydrogen) atoms. The standard InChI is InChI=1S/C29H33N3O4S/c1-22(2)18-30-29(34)27(17-23-9-5-3-6-10-23)31(19-24-11-7-4-8-12-24)28(33)21-37-20-25-13-15-26(16-14-25)32(35)36/h3-16,22,27H,17-21H2,1-2H3,(H,30,34)/t27-/m0/s1. The fraction of sp³-hybridized carbons (Fsp3) is 0.310. The topological polar surface area (TPSA) is 92.6 Å². The third-order valence-corrected chi connectivity index (χ3v) is 6.78. The van der Waals surface area contributed by atoms with Crippen LogP contribution in [0.1, 0.15) is 30.5 Å². The number of nitro benzene ring substituents is 1. The van der Waals surface area contributed by atoms with Gasteiger partial charge in [0.2, 0.25) is 11.8 Å². The zero-order valence-corrected chi connectivity index (χ0v) is 22.0. The number of carbonyl (C=O) groups excluding carboxylic acids is 2. The summed E-state index contributed by atoms with van der Waals surface area (Å²) in [5.41, 5.74) is 2.87. The molecule has 2 amide bonds. The fourth-order valence-electron chi connectivity index (χ4n) is 3.81. The highest BCUT2D eigenvalue weighted by molar-refractivity contribution is 7.99. The molecule has 0 bridgehead atoms. The highest BCUT2D eigenvalue weighted by atomic mass is 32.2. The average molecular weight is 520 g/mol. The van der Waals surface area contributed by atoms with Gasteiger partial charge in [0.15, 0.2) is 0 Å². The van der Waals surface area contributed by atoms with Crippen LogP contribution in [-0.4, -0.2) is 40.0 Å². The molecule has 3 aromatic rings. The van der Waals surface area contributed by atoms with E-state index < -0.39 is 11.0 Å². The molecule has 0 heterocycles. The maximum atomic E-state index is 13.6. The maximum Gasteiger partial charge on any atom is 0.269 e. The van der Waals surface area contributed by atoms with Crippen LogP contribution in [0.15, 0.2) is 84.9 Å². The first-order chi connectivity index (χ1) is 17.8. The van der Waals surface area contributed by atoms with E-state index in [2.05, 4.69) is 5.32 Å². The van der Waals surface area contributed by atoms with Crippen molar-refractivity contribution in [2.75, 3.05) is 12.3 Å². The molecule has 0 unspecified atom stereocenters. The smallest absolute Gasteiger partial charge is 0.269 e. The Kier molecular flexibility index (Phi) is 10.7. The average Bonchev–Trinajstić information content (AvgIpc) is 2.90. The van der Waals surface area contributed by atoms with Crippen molar-refractivity contribution in [2.24, 2.45) is 5.92 Å². The summed E-state index contributed by atoms with van der Waals surface area (Å²) in [6.45, 7) is 4.93. The van der Waals surface area contributed by atoms with Gasteiger partial charge in [-0.1, -0.05) is 86.6 Å². The van der Waals surface area contributed by atoms with Crippen LogP contribution >= 0.6 is 11.8 Å². The van der Waals surface area contributed by atoms with Crippen molar-refractivity contribution < 1.29 is 14.5 Å². The van der Waals surface area contributed by atoms with Crippen LogP contribution in [0.25, 0.3) is 0 Å². The van der Waals surface area contributed by atoms with Gasteiger partial charge in [-0.25, -0.2) is 0 Å². The summed E-state index contributed by atoms with van der Waals surface area (Å²) in [4.78, 5) is 39.1. The molecule has 0 spiro atoms. The second-order valence-corrected chi connectivity index (χ2v) is 10.3. The summed E-state index contributed by atoms with van der Waals surface area (Å²) < 4.78 is 0. The molecule has 0 aliphatic heterocycles. The molecule has 0 saturated heterocycles. The number of nitrogens with zero attached hydrogens (tertiary/aromatic N) is 2. The van der Waals surface area contributed by atoms with Crippen LogP contribution in [0.2, 0.25) is 0 Å². The number of rotatable bonds is 13. The highest BCUT2D eigenvalue weighted by Gasteiger charge is 2.30. The number of nitro groups is 1. The lowest BCUT2D eigenvalue weighted by atomic mass is 10.0.